The summed E-state index contributed by atoms with van der Waals surface area (Å²) in [4.78, 5) is 52.8. The second-order valence-electron chi connectivity index (χ2n) is 10.6. The van der Waals surface area contributed by atoms with Crippen LogP contribution in [0.15, 0.2) is 24.3 Å². The average Bonchev–Trinajstić information content (AvgIpc) is 2.81. The Balaban J connectivity index is 3.49. The minimum absolute atomic E-state index is 0.346. The standard InChI is InChI=1S/C27H43N3O7/c1-17(2)9-12-19(4)30(25(34)21(16-31)29-26(35)37-27(5,6)7)23(20-13-10-18(3)11-14-20)24(33)28-15-22(32)36-8/h10-11,13-14,17,19,21,23,31H,9,12,15-16H2,1-8H3,(H,28,33)(H,29,35). The van der Waals surface area contributed by atoms with Gasteiger partial charge in [-0.2, -0.15) is 0 Å². The van der Waals surface area contributed by atoms with Gasteiger partial charge in [0.1, 0.15) is 24.2 Å². The molecule has 0 saturated heterocycles. The Morgan fingerprint density at radius 1 is 1.03 bits per heavy atom. The van der Waals surface area contributed by atoms with Gasteiger partial charge in [-0.15, -0.1) is 0 Å². The normalized spacial score (nSPS) is 13.8. The van der Waals surface area contributed by atoms with Gasteiger partial charge in [0.25, 0.3) is 0 Å². The van der Waals surface area contributed by atoms with Crippen LogP contribution in [0.1, 0.15) is 71.6 Å². The fourth-order valence-electron chi connectivity index (χ4n) is 3.64. The molecule has 0 aliphatic rings. The minimum Gasteiger partial charge on any atom is -0.468 e. The smallest absolute Gasteiger partial charge is 0.408 e. The molecule has 3 amide bonds. The zero-order valence-corrected chi connectivity index (χ0v) is 23.3. The van der Waals surface area contributed by atoms with Crippen LogP contribution < -0.4 is 10.6 Å². The lowest BCUT2D eigenvalue weighted by atomic mass is 9.96. The van der Waals surface area contributed by atoms with Gasteiger partial charge in [-0.25, -0.2) is 4.79 Å². The van der Waals surface area contributed by atoms with Gasteiger partial charge in [-0.1, -0.05) is 43.7 Å². The van der Waals surface area contributed by atoms with Crippen LogP contribution in [0.5, 0.6) is 0 Å². The van der Waals surface area contributed by atoms with E-state index in [1.54, 1.807) is 32.9 Å². The third-order valence-corrected chi connectivity index (χ3v) is 5.62. The van der Waals surface area contributed by atoms with Crippen LogP contribution in [-0.2, 0) is 23.9 Å². The fourth-order valence-corrected chi connectivity index (χ4v) is 3.64. The van der Waals surface area contributed by atoms with Crippen LogP contribution in [-0.4, -0.2) is 71.8 Å². The fraction of sp³-hybridized carbons (Fsp3) is 0.630. The lowest BCUT2D eigenvalue weighted by Crippen LogP contribution is -2.57. The van der Waals surface area contributed by atoms with Crippen LogP contribution in [0, 0.1) is 12.8 Å². The zero-order valence-electron chi connectivity index (χ0n) is 23.3. The molecule has 3 atom stereocenters. The summed E-state index contributed by atoms with van der Waals surface area (Å²) in [5.74, 6) is -1.53. The highest BCUT2D eigenvalue weighted by Crippen LogP contribution is 2.28. The first-order valence-corrected chi connectivity index (χ1v) is 12.5. The summed E-state index contributed by atoms with van der Waals surface area (Å²) < 4.78 is 9.89. The third kappa shape index (κ3) is 10.8. The molecule has 10 nitrogen and oxygen atoms in total. The number of aryl methyl sites for hydroxylation is 1. The number of amides is 3. The van der Waals surface area contributed by atoms with Crippen molar-refractivity contribution in [2.24, 2.45) is 5.92 Å². The Hall–Kier alpha value is -3.14. The Bertz CT molecular complexity index is 910. The van der Waals surface area contributed by atoms with E-state index in [9.17, 15) is 24.3 Å². The number of esters is 1. The van der Waals surface area contributed by atoms with Crippen LogP contribution in [0.2, 0.25) is 0 Å². The maximum Gasteiger partial charge on any atom is 0.408 e. The van der Waals surface area contributed by atoms with Crippen molar-refractivity contribution in [2.45, 2.75) is 85.0 Å². The zero-order chi connectivity index (χ0) is 28.3. The van der Waals surface area contributed by atoms with E-state index < -0.39 is 54.2 Å². The number of nitrogens with zero attached hydrogens (tertiary/aromatic N) is 1. The van der Waals surface area contributed by atoms with Gasteiger partial charge in [-0.05, 0) is 58.9 Å². The van der Waals surface area contributed by atoms with Crippen LogP contribution in [0.3, 0.4) is 0 Å². The van der Waals surface area contributed by atoms with Gasteiger partial charge in [0, 0.05) is 6.04 Å². The van der Waals surface area contributed by atoms with Crippen LogP contribution in [0.25, 0.3) is 0 Å². The summed E-state index contributed by atoms with van der Waals surface area (Å²) in [6.07, 6.45) is 0.482. The SMILES string of the molecule is COC(=O)CNC(=O)C(c1ccc(C)cc1)N(C(=O)C(CO)NC(=O)OC(C)(C)C)C(C)CCC(C)C. The van der Waals surface area contributed by atoms with Gasteiger partial charge >= 0.3 is 12.1 Å². The Morgan fingerprint density at radius 3 is 2.11 bits per heavy atom. The molecule has 0 bridgehead atoms. The summed E-state index contributed by atoms with van der Waals surface area (Å²) in [7, 11) is 1.21. The van der Waals surface area contributed by atoms with E-state index in [0.717, 1.165) is 12.0 Å². The largest absolute Gasteiger partial charge is 0.468 e. The van der Waals surface area contributed by atoms with Crippen molar-refractivity contribution in [1.29, 1.82) is 0 Å². The molecule has 0 aliphatic heterocycles. The van der Waals surface area contributed by atoms with Crippen molar-refractivity contribution in [3.63, 3.8) is 0 Å². The van der Waals surface area contributed by atoms with Crippen molar-refractivity contribution in [3.8, 4) is 0 Å². The maximum atomic E-state index is 13.9. The van der Waals surface area contributed by atoms with Gasteiger partial charge in [-0.3, -0.25) is 14.4 Å². The van der Waals surface area contributed by atoms with Gasteiger partial charge in [0.15, 0.2) is 0 Å². The second-order valence-corrected chi connectivity index (χ2v) is 10.6. The number of carbonyl (C=O) groups excluding carboxylic acids is 4. The van der Waals surface area contributed by atoms with Crippen molar-refractivity contribution in [3.05, 3.63) is 35.4 Å². The molecule has 0 aliphatic carbocycles. The third-order valence-electron chi connectivity index (χ3n) is 5.62. The molecule has 3 N–H and O–H groups in total. The van der Waals surface area contributed by atoms with Crippen molar-refractivity contribution < 1.29 is 33.8 Å². The van der Waals surface area contributed by atoms with Gasteiger partial charge in [0.2, 0.25) is 11.8 Å². The molecule has 1 aromatic carbocycles. The minimum atomic E-state index is -1.35. The predicted molar refractivity (Wildman–Crippen MR) is 140 cm³/mol. The average molecular weight is 522 g/mol. The summed E-state index contributed by atoms with van der Waals surface area (Å²) in [5.41, 5.74) is 0.671. The summed E-state index contributed by atoms with van der Waals surface area (Å²) >= 11 is 0. The van der Waals surface area contributed by atoms with E-state index in [0.29, 0.717) is 17.9 Å². The van der Waals surface area contributed by atoms with E-state index in [2.05, 4.69) is 29.2 Å². The number of hydrogen-bond acceptors (Lipinski definition) is 7. The summed E-state index contributed by atoms with van der Waals surface area (Å²) in [5, 5.41) is 15.0. The number of aliphatic hydroxyl groups is 1. The monoisotopic (exact) mass is 521 g/mol. The lowest BCUT2D eigenvalue weighted by molar-refractivity contribution is -0.147. The molecule has 0 saturated carbocycles. The molecular formula is C27H43N3O7. The number of rotatable bonds is 12. The Morgan fingerprint density at radius 2 is 1.62 bits per heavy atom. The van der Waals surface area contributed by atoms with Gasteiger partial charge < -0.3 is 30.1 Å². The molecule has 37 heavy (non-hydrogen) atoms. The van der Waals surface area contributed by atoms with Crippen molar-refractivity contribution in [2.75, 3.05) is 20.3 Å². The molecule has 0 radical (unpaired) electrons. The molecule has 208 valence electrons. The highest BCUT2D eigenvalue weighted by atomic mass is 16.6. The maximum absolute atomic E-state index is 13.9. The van der Waals surface area contributed by atoms with Crippen LogP contribution >= 0.6 is 0 Å². The molecule has 1 aromatic rings. The highest BCUT2D eigenvalue weighted by molar-refractivity contribution is 5.93. The molecule has 0 fully saturated rings. The first kappa shape index (κ1) is 31.9. The highest BCUT2D eigenvalue weighted by Gasteiger charge is 2.38. The van der Waals surface area contributed by atoms with E-state index in [4.69, 9.17) is 4.74 Å². The van der Waals surface area contributed by atoms with Crippen LogP contribution in [0.4, 0.5) is 4.79 Å². The second kappa shape index (κ2) is 14.6. The quantitative estimate of drug-likeness (QED) is 0.360. The Labute approximate surface area is 220 Å². The number of aliphatic hydroxyl groups excluding tert-OH is 1. The number of ether oxygens (including phenoxy) is 2. The predicted octanol–water partition coefficient (Wildman–Crippen LogP) is 2.86. The van der Waals surface area contributed by atoms with E-state index in [1.807, 2.05) is 26.0 Å². The number of methoxy groups -OCH3 is 1. The number of hydrogen-bond donors (Lipinski definition) is 3. The molecule has 3 unspecified atom stereocenters. The number of alkyl carbamates (subject to hydrolysis) is 1. The number of carbonyl (C=O) groups is 4. The first-order chi connectivity index (χ1) is 17.2. The molecule has 10 heteroatoms. The number of benzene rings is 1. The summed E-state index contributed by atoms with van der Waals surface area (Å²) in [6, 6.07) is 4.19. The Kier molecular flexibility index (Phi) is 12.6. The van der Waals surface area contributed by atoms with E-state index in [-0.39, 0.29) is 6.54 Å². The number of nitrogens with one attached hydrogen (secondary N) is 2. The van der Waals surface area contributed by atoms with Crippen molar-refractivity contribution in [1.82, 2.24) is 15.5 Å². The van der Waals surface area contributed by atoms with Crippen molar-refractivity contribution >= 4 is 23.9 Å². The molecular weight excluding hydrogens is 478 g/mol. The van der Waals surface area contributed by atoms with E-state index >= 15 is 0 Å². The molecule has 0 aromatic heterocycles. The first-order valence-electron chi connectivity index (χ1n) is 12.5. The summed E-state index contributed by atoms with van der Waals surface area (Å²) in [6.45, 7) is 11.8. The molecule has 0 heterocycles. The molecule has 0 spiro atoms. The van der Waals surface area contributed by atoms with E-state index in [1.165, 1.54) is 12.0 Å². The topological polar surface area (TPSA) is 134 Å². The molecule has 1 rings (SSSR count). The van der Waals surface area contributed by atoms with Gasteiger partial charge in [0.05, 0.1) is 13.7 Å². The lowest BCUT2D eigenvalue weighted by Gasteiger charge is -2.38.